The van der Waals surface area contributed by atoms with E-state index >= 15 is 0 Å². The molecule has 1 fully saturated rings. The second kappa shape index (κ2) is 8.43. The van der Waals surface area contributed by atoms with Gasteiger partial charge in [-0.1, -0.05) is 43.3 Å². The van der Waals surface area contributed by atoms with Gasteiger partial charge in [-0.2, -0.15) is 0 Å². The largest absolute Gasteiger partial charge is 0.339 e. The summed E-state index contributed by atoms with van der Waals surface area (Å²) >= 11 is 0. The molecular formula is C22H25F2NO. The van der Waals surface area contributed by atoms with Gasteiger partial charge in [0.2, 0.25) is 5.91 Å². The zero-order valence-electron chi connectivity index (χ0n) is 15.1. The Morgan fingerprint density at radius 2 is 1.92 bits per heavy atom. The summed E-state index contributed by atoms with van der Waals surface area (Å²) < 4.78 is 26.4. The highest BCUT2D eigenvalue weighted by Crippen LogP contribution is 2.34. The molecule has 1 amide bonds. The lowest BCUT2D eigenvalue weighted by molar-refractivity contribution is -0.132. The number of halogens is 2. The molecule has 2 aromatic rings. The highest BCUT2D eigenvalue weighted by molar-refractivity contribution is 5.77. The molecule has 4 heteroatoms. The van der Waals surface area contributed by atoms with Gasteiger partial charge in [0, 0.05) is 24.9 Å². The van der Waals surface area contributed by atoms with Gasteiger partial charge in [-0.15, -0.1) is 0 Å². The van der Waals surface area contributed by atoms with Crippen LogP contribution < -0.4 is 0 Å². The second-order valence-corrected chi connectivity index (χ2v) is 6.97. The third-order valence-corrected chi connectivity index (χ3v) is 5.36. The second-order valence-electron chi connectivity index (χ2n) is 6.97. The number of carbonyl (C=O) groups is 1. The monoisotopic (exact) mass is 357 g/mol. The maximum Gasteiger partial charge on any atom is 0.223 e. The number of hydrogen-bond donors (Lipinski definition) is 0. The highest BCUT2D eigenvalue weighted by Gasteiger charge is 2.34. The fraction of sp³-hybridized carbons (Fsp3) is 0.409. The van der Waals surface area contributed by atoms with E-state index in [9.17, 15) is 13.6 Å². The van der Waals surface area contributed by atoms with E-state index in [1.54, 1.807) is 6.07 Å². The maximum absolute atomic E-state index is 13.3. The van der Waals surface area contributed by atoms with Crippen molar-refractivity contribution in [2.45, 2.75) is 51.0 Å². The molecule has 3 rings (SSSR count). The van der Waals surface area contributed by atoms with Crippen molar-refractivity contribution in [3.63, 3.8) is 0 Å². The van der Waals surface area contributed by atoms with Crippen LogP contribution in [0.25, 0.3) is 0 Å². The summed E-state index contributed by atoms with van der Waals surface area (Å²) in [7, 11) is 0. The molecule has 2 unspecified atom stereocenters. The van der Waals surface area contributed by atoms with Crippen molar-refractivity contribution in [2.24, 2.45) is 0 Å². The first-order valence-electron chi connectivity index (χ1n) is 9.38. The van der Waals surface area contributed by atoms with Crippen LogP contribution >= 0.6 is 0 Å². The lowest BCUT2D eigenvalue weighted by Gasteiger charge is -2.32. The summed E-state index contributed by atoms with van der Waals surface area (Å²) in [6, 6.07) is 14.4. The first kappa shape index (κ1) is 18.6. The van der Waals surface area contributed by atoms with E-state index in [0.717, 1.165) is 31.9 Å². The minimum Gasteiger partial charge on any atom is -0.339 e. The van der Waals surface area contributed by atoms with Crippen LogP contribution in [0.15, 0.2) is 48.5 Å². The predicted octanol–water partition coefficient (Wildman–Crippen LogP) is 5.08. The van der Waals surface area contributed by atoms with Crippen LogP contribution in [0.5, 0.6) is 0 Å². The smallest absolute Gasteiger partial charge is 0.223 e. The van der Waals surface area contributed by atoms with Crippen molar-refractivity contribution in [3.8, 4) is 0 Å². The number of benzene rings is 2. The van der Waals surface area contributed by atoms with E-state index in [2.05, 4.69) is 19.1 Å². The molecule has 0 aliphatic carbocycles. The average Bonchev–Trinajstić information content (AvgIpc) is 3.13. The molecule has 138 valence electrons. The van der Waals surface area contributed by atoms with Crippen LogP contribution in [0.4, 0.5) is 8.78 Å². The van der Waals surface area contributed by atoms with Crippen molar-refractivity contribution >= 4 is 5.91 Å². The van der Waals surface area contributed by atoms with E-state index < -0.39 is 11.6 Å². The standard InChI is InChI=1S/C22H25F2NO/c1-2-18(17-7-4-3-5-8-17)21-9-6-14-25(21)22(26)13-11-16-10-12-19(23)20(24)15-16/h3-5,7-8,10,12,15,18,21H,2,6,9,11,13-14H2,1H3. The lowest BCUT2D eigenvalue weighted by Crippen LogP contribution is -2.39. The molecule has 1 aliphatic heterocycles. The van der Waals surface area contributed by atoms with Crippen molar-refractivity contribution in [3.05, 3.63) is 71.3 Å². The fourth-order valence-electron chi connectivity index (χ4n) is 4.04. The zero-order chi connectivity index (χ0) is 18.5. The molecule has 0 N–H and O–H groups in total. The summed E-state index contributed by atoms with van der Waals surface area (Å²) in [5.41, 5.74) is 1.93. The maximum atomic E-state index is 13.3. The quantitative estimate of drug-likeness (QED) is 0.706. The van der Waals surface area contributed by atoms with Crippen LogP contribution in [-0.2, 0) is 11.2 Å². The Morgan fingerprint density at radius 3 is 2.62 bits per heavy atom. The van der Waals surface area contributed by atoms with E-state index in [-0.39, 0.29) is 11.9 Å². The SMILES string of the molecule is CCC(c1ccccc1)C1CCCN1C(=O)CCc1ccc(F)c(F)c1. The Bertz CT molecular complexity index is 747. The van der Waals surface area contributed by atoms with Crippen LogP contribution in [0.1, 0.15) is 49.7 Å². The summed E-state index contributed by atoms with van der Waals surface area (Å²) in [4.78, 5) is 14.8. The number of likely N-dealkylation sites (tertiary alicyclic amines) is 1. The Labute approximate surface area is 153 Å². The molecule has 26 heavy (non-hydrogen) atoms. The van der Waals surface area contributed by atoms with E-state index in [4.69, 9.17) is 0 Å². The summed E-state index contributed by atoms with van der Waals surface area (Å²) in [5.74, 6) is -1.27. The van der Waals surface area contributed by atoms with Crippen molar-refractivity contribution in [2.75, 3.05) is 6.54 Å². The van der Waals surface area contributed by atoms with Crippen molar-refractivity contribution in [1.29, 1.82) is 0 Å². The van der Waals surface area contributed by atoms with Gasteiger partial charge in [-0.25, -0.2) is 8.78 Å². The highest BCUT2D eigenvalue weighted by atomic mass is 19.2. The Hall–Kier alpha value is -2.23. The molecule has 2 aromatic carbocycles. The van der Waals surface area contributed by atoms with E-state index in [1.807, 2.05) is 23.1 Å². The molecule has 1 aliphatic rings. The van der Waals surface area contributed by atoms with Gasteiger partial charge < -0.3 is 4.90 Å². The molecule has 0 spiro atoms. The van der Waals surface area contributed by atoms with Crippen LogP contribution in [0.3, 0.4) is 0 Å². The third kappa shape index (κ3) is 4.12. The van der Waals surface area contributed by atoms with Gasteiger partial charge in [-0.05, 0) is 48.9 Å². The number of aryl methyl sites for hydroxylation is 1. The molecule has 0 saturated carbocycles. The minimum absolute atomic E-state index is 0.103. The Morgan fingerprint density at radius 1 is 1.15 bits per heavy atom. The van der Waals surface area contributed by atoms with Crippen LogP contribution in [0, 0.1) is 11.6 Å². The molecule has 0 bridgehead atoms. The van der Waals surface area contributed by atoms with Crippen LogP contribution in [0.2, 0.25) is 0 Å². The Balaban J connectivity index is 1.66. The first-order valence-corrected chi connectivity index (χ1v) is 9.38. The Kier molecular flexibility index (Phi) is 6.02. The van der Waals surface area contributed by atoms with Gasteiger partial charge in [0.25, 0.3) is 0 Å². The number of amides is 1. The summed E-state index contributed by atoms with van der Waals surface area (Å²) in [6.07, 6.45) is 3.78. The number of rotatable bonds is 6. The predicted molar refractivity (Wildman–Crippen MR) is 98.9 cm³/mol. The van der Waals surface area contributed by atoms with Gasteiger partial charge >= 0.3 is 0 Å². The summed E-state index contributed by atoms with van der Waals surface area (Å²) in [6.45, 7) is 2.95. The third-order valence-electron chi connectivity index (χ3n) is 5.36. The van der Waals surface area contributed by atoms with Gasteiger partial charge in [0.15, 0.2) is 11.6 Å². The molecule has 0 aromatic heterocycles. The van der Waals surface area contributed by atoms with Gasteiger partial charge in [0.1, 0.15) is 0 Å². The molecular weight excluding hydrogens is 332 g/mol. The normalized spacial score (nSPS) is 18.1. The van der Waals surface area contributed by atoms with Crippen LogP contribution in [-0.4, -0.2) is 23.4 Å². The average molecular weight is 357 g/mol. The molecule has 1 saturated heterocycles. The first-order chi connectivity index (χ1) is 12.6. The number of carbonyl (C=O) groups excluding carboxylic acids is 1. The minimum atomic E-state index is -0.857. The fourth-order valence-corrected chi connectivity index (χ4v) is 4.04. The lowest BCUT2D eigenvalue weighted by atomic mass is 9.87. The number of hydrogen-bond acceptors (Lipinski definition) is 1. The van der Waals surface area contributed by atoms with E-state index in [1.165, 1.54) is 11.6 Å². The zero-order valence-corrected chi connectivity index (χ0v) is 15.1. The summed E-state index contributed by atoms with van der Waals surface area (Å²) in [5, 5.41) is 0. The van der Waals surface area contributed by atoms with Crippen molar-refractivity contribution in [1.82, 2.24) is 4.90 Å². The van der Waals surface area contributed by atoms with Gasteiger partial charge in [-0.3, -0.25) is 4.79 Å². The molecule has 2 nitrogen and oxygen atoms in total. The van der Waals surface area contributed by atoms with E-state index in [0.29, 0.717) is 24.3 Å². The topological polar surface area (TPSA) is 20.3 Å². The number of nitrogens with zero attached hydrogens (tertiary/aromatic N) is 1. The van der Waals surface area contributed by atoms with Crippen molar-refractivity contribution < 1.29 is 13.6 Å². The molecule has 2 atom stereocenters. The van der Waals surface area contributed by atoms with Gasteiger partial charge in [0.05, 0.1) is 0 Å². The molecule has 1 heterocycles. The molecule has 0 radical (unpaired) electrons.